The molecule has 6 N–H and O–H groups in total. The third kappa shape index (κ3) is 13.3. The Balaban J connectivity index is 1.56. The molecule has 12 nitrogen and oxygen atoms in total. The first-order chi connectivity index (χ1) is 26.4. The van der Waals surface area contributed by atoms with Crippen LogP contribution < -0.4 is 21.3 Å². The van der Waals surface area contributed by atoms with Crippen molar-refractivity contribution in [3.05, 3.63) is 83.9 Å². The summed E-state index contributed by atoms with van der Waals surface area (Å²) in [6, 6.07) is 19.5. The molecule has 4 amide bonds. The molecule has 0 radical (unpaired) electrons. The molecular formula is C43H61N5O7. The van der Waals surface area contributed by atoms with E-state index in [0.29, 0.717) is 12.8 Å². The van der Waals surface area contributed by atoms with E-state index in [-0.39, 0.29) is 43.9 Å². The fourth-order valence-electron chi connectivity index (χ4n) is 7.21. The molecule has 0 aliphatic carbocycles. The van der Waals surface area contributed by atoms with Crippen LogP contribution in [0, 0.1) is 11.8 Å². The summed E-state index contributed by atoms with van der Waals surface area (Å²) < 4.78 is 5.52. The molecule has 1 aliphatic rings. The maximum atomic E-state index is 14.3. The summed E-state index contributed by atoms with van der Waals surface area (Å²) in [5.41, 5.74) is 1.64. The molecule has 7 atom stereocenters. The van der Waals surface area contributed by atoms with Crippen molar-refractivity contribution in [2.24, 2.45) is 11.8 Å². The van der Waals surface area contributed by atoms with Crippen LogP contribution in [0.5, 0.6) is 0 Å². The molecule has 3 aromatic rings. The number of fused-ring (bicyclic) bond motifs is 1. The van der Waals surface area contributed by atoms with Crippen molar-refractivity contribution in [3.63, 3.8) is 0 Å². The second-order valence-electron chi connectivity index (χ2n) is 15.4. The second kappa shape index (κ2) is 21.5. The smallest absolute Gasteiger partial charge is 0.408 e. The lowest BCUT2D eigenvalue weighted by Crippen LogP contribution is -2.58. The van der Waals surface area contributed by atoms with Crippen molar-refractivity contribution in [3.8, 4) is 0 Å². The van der Waals surface area contributed by atoms with Gasteiger partial charge in [0.05, 0.1) is 31.2 Å². The molecule has 4 unspecified atom stereocenters. The van der Waals surface area contributed by atoms with Gasteiger partial charge in [0.15, 0.2) is 0 Å². The number of rotatable bonds is 20. The second-order valence-corrected chi connectivity index (χ2v) is 15.4. The van der Waals surface area contributed by atoms with E-state index in [1.807, 2.05) is 108 Å². The lowest BCUT2D eigenvalue weighted by molar-refractivity contribution is -0.132. The number of benzene rings is 3. The summed E-state index contributed by atoms with van der Waals surface area (Å²) in [5.74, 6) is -1.35. The van der Waals surface area contributed by atoms with Crippen LogP contribution >= 0.6 is 0 Å². The number of likely N-dealkylation sites (tertiary alicyclic amines) is 1. The Morgan fingerprint density at radius 3 is 2.22 bits per heavy atom. The molecule has 3 aromatic carbocycles. The predicted molar refractivity (Wildman–Crippen MR) is 214 cm³/mol. The first-order valence-electron chi connectivity index (χ1n) is 19.7. The van der Waals surface area contributed by atoms with Crippen molar-refractivity contribution < 1.29 is 34.1 Å². The highest BCUT2D eigenvalue weighted by Gasteiger charge is 2.35. The van der Waals surface area contributed by atoms with Crippen LogP contribution in [0.3, 0.4) is 0 Å². The van der Waals surface area contributed by atoms with Crippen LogP contribution in [0.25, 0.3) is 10.8 Å². The molecule has 1 heterocycles. The lowest BCUT2D eigenvalue weighted by Gasteiger charge is -2.31. The van der Waals surface area contributed by atoms with Crippen molar-refractivity contribution in [2.45, 2.75) is 116 Å². The highest BCUT2D eigenvalue weighted by atomic mass is 16.5. The van der Waals surface area contributed by atoms with Crippen LogP contribution in [0.1, 0.15) is 77.3 Å². The molecule has 0 aromatic heterocycles. The number of amides is 4. The van der Waals surface area contributed by atoms with E-state index in [1.54, 1.807) is 0 Å². The van der Waals surface area contributed by atoms with E-state index in [0.717, 1.165) is 47.7 Å². The Kier molecular flexibility index (Phi) is 16.9. The normalized spacial score (nSPS) is 17.8. The van der Waals surface area contributed by atoms with Gasteiger partial charge in [-0.15, -0.1) is 0 Å². The van der Waals surface area contributed by atoms with Gasteiger partial charge in [0.1, 0.15) is 18.7 Å². The minimum Gasteiger partial charge on any atom is -0.445 e. The fraction of sp³-hybridized carbons (Fsp3) is 0.535. The van der Waals surface area contributed by atoms with Gasteiger partial charge in [-0.3, -0.25) is 14.4 Å². The Hall–Kier alpha value is -4.52. The van der Waals surface area contributed by atoms with Gasteiger partial charge in [0, 0.05) is 12.5 Å². The molecule has 55 heavy (non-hydrogen) atoms. The summed E-state index contributed by atoms with van der Waals surface area (Å²) in [4.78, 5) is 56.9. The van der Waals surface area contributed by atoms with Gasteiger partial charge in [-0.25, -0.2) is 4.79 Å². The maximum absolute atomic E-state index is 14.3. The quantitative estimate of drug-likeness (QED) is 0.0983. The number of aliphatic hydroxyl groups is 2. The number of alkyl carbamates (subject to hydrolysis) is 1. The lowest BCUT2D eigenvalue weighted by atomic mass is 9.95. The molecule has 0 bridgehead atoms. The van der Waals surface area contributed by atoms with Crippen molar-refractivity contribution >= 4 is 34.6 Å². The highest BCUT2D eigenvalue weighted by molar-refractivity contribution is 5.93. The molecule has 0 spiro atoms. The van der Waals surface area contributed by atoms with Crippen molar-refractivity contribution in [2.75, 3.05) is 20.2 Å². The zero-order valence-corrected chi connectivity index (χ0v) is 33.0. The van der Waals surface area contributed by atoms with E-state index in [1.165, 1.54) is 0 Å². The topological polar surface area (TPSA) is 169 Å². The Morgan fingerprint density at radius 1 is 0.855 bits per heavy atom. The number of nitrogens with zero attached hydrogens (tertiary/aromatic N) is 1. The van der Waals surface area contributed by atoms with E-state index >= 15 is 0 Å². The molecule has 0 saturated carbocycles. The minimum absolute atomic E-state index is 0.0181. The molecule has 1 aliphatic heterocycles. The van der Waals surface area contributed by atoms with Gasteiger partial charge in [-0.1, -0.05) is 107 Å². The summed E-state index contributed by atoms with van der Waals surface area (Å²) in [6.45, 7) is 8.49. The molecule has 300 valence electrons. The van der Waals surface area contributed by atoms with Crippen LogP contribution in [-0.4, -0.2) is 95.4 Å². The highest BCUT2D eigenvalue weighted by Crippen LogP contribution is 2.22. The molecule has 12 heteroatoms. The van der Waals surface area contributed by atoms with Gasteiger partial charge < -0.3 is 41.1 Å². The SMILES string of the molecule is CCC(C)[C@@H](CO)NC(=O)CC(O)C(CC(C)C)NC(=O)[C@H](CC1CCCN1C)NC(=O)[C@H](Cc1cccc2ccccc12)NC(=O)OCc1ccccc1. The van der Waals surface area contributed by atoms with Gasteiger partial charge in [0.2, 0.25) is 17.7 Å². The maximum Gasteiger partial charge on any atom is 0.408 e. The van der Waals surface area contributed by atoms with Crippen LogP contribution in [0.4, 0.5) is 4.79 Å². The third-order valence-corrected chi connectivity index (χ3v) is 10.7. The van der Waals surface area contributed by atoms with Gasteiger partial charge in [-0.2, -0.15) is 0 Å². The zero-order valence-electron chi connectivity index (χ0n) is 33.0. The van der Waals surface area contributed by atoms with Crippen LogP contribution in [0.2, 0.25) is 0 Å². The summed E-state index contributed by atoms with van der Waals surface area (Å²) >= 11 is 0. The monoisotopic (exact) mass is 759 g/mol. The molecular weight excluding hydrogens is 699 g/mol. The number of aliphatic hydroxyl groups excluding tert-OH is 2. The van der Waals surface area contributed by atoms with Gasteiger partial charge in [-0.05, 0) is 73.0 Å². The molecule has 1 fully saturated rings. The number of carbonyl (C=O) groups is 4. The minimum atomic E-state index is -1.21. The first-order valence-corrected chi connectivity index (χ1v) is 19.7. The Bertz CT molecular complexity index is 1680. The van der Waals surface area contributed by atoms with Crippen LogP contribution in [0.15, 0.2) is 72.8 Å². The van der Waals surface area contributed by atoms with E-state index in [4.69, 9.17) is 4.74 Å². The zero-order chi connectivity index (χ0) is 39.9. The molecule has 4 rings (SSSR count). The van der Waals surface area contributed by atoms with E-state index in [9.17, 15) is 29.4 Å². The van der Waals surface area contributed by atoms with E-state index < -0.39 is 54.1 Å². The summed E-state index contributed by atoms with van der Waals surface area (Å²) in [7, 11) is 1.99. The fourth-order valence-corrected chi connectivity index (χ4v) is 7.21. The van der Waals surface area contributed by atoms with Crippen molar-refractivity contribution in [1.29, 1.82) is 0 Å². The standard InChI is InChI=1S/C43H61N5O7/c1-6-29(4)38(26-49)44-40(51)25-39(50)35(22-28(2)3)45-42(53)37(24-33-19-13-21-48(33)5)46-41(52)36(47-43(54)55-27-30-14-8-7-9-15-30)23-32-18-12-17-31-16-10-11-20-34(31)32/h7-12,14-18,20,28-29,33,35-39,49-50H,6,13,19,21-27H2,1-5H3,(H,44,51)(H,45,53)(H,46,52)(H,47,54)/t29?,33?,35?,36-,37-,38+,39?/m0/s1. The predicted octanol–water partition coefficient (Wildman–Crippen LogP) is 4.45. The molecule has 1 saturated heterocycles. The largest absolute Gasteiger partial charge is 0.445 e. The number of hydrogen-bond acceptors (Lipinski definition) is 8. The summed E-state index contributed by atoms with van der Waals surface area (Å²) in [6.07, 6.45) is 1.15. The van der Waals surface area contributed by atoms with Gasteiger partial charge in [0.25, 0.3) is 0 Å². The van der Waals surface area contributed by atoms with Gasteiger partial charge >= 0.3 is 6.09 Å². The Labute approximate surface area is 325 Å². The Morgan fingerprint density at radius 2 is 1.55 bits per heavy atom. The average Bonchev–Trinajstić information content (AvgIpc) is 3.58. The number of ether oxygens (including phenoxy) is 1. The van der Waals surface area contributed by atoms with Crippen molar-refractivity contribution in [1.82, 2.24) is 26.2 Å². The third-order valence-electron chi connectivity index (χ3n) is 10.7. The van der Waals surface area contributed by atoms with Crippen LogP contribution in [-0.2, 0) is 32.1 Å². The van der Waals surface area contributed by atoms with E-state index in [2.05, 4.69) is 26.2 Å². The number of hydrogen-bond donors (Lipinski definition) is 6. The first kappa shape index (κ1) is 43.2. The average molecular weight is 760 g/mol. The summed E-state index contributed by atoms with van der Waals surface area (Å²) in [5, 5.41) is 34.6. The number of carbonyl (C=O) groups excluding carboxylic acids is 4. The number of nitrogens with one attached hydrogen (secondary N) is 4.